The Morgan fingerprint density at radius 1 is 1.24 bits per heavy atom. The van der Waals surface area contributed by atoms with Crippen molar-refractivity contribution in [2.45, 2.75) is 38.6 Å². The predicted molar refractivity (Wildman–Crippen MR) is 108 cm³/mol. The molecule has 0 radical (unpaired) electrons. The van der Waals surface area contributed by atoms with Crippen molar-refractivity contribution in [2.24, 2.45) is 5.92 Å². The van der Waals surface area contributed by atoms with Crippen LogP contribution in [0.1, 0.15) is 37.3 Å². The number of hydrogen-bond donors (Lipinski definition) is 1. The summed E-state index contributed by atoms with van der Waals surface area (Å²) in [6.45, 7) is 3.80. The van der Waals surface area contributed by atoms with Gasteiger partial charge in [-0.1, -0.05) is 37.3 Å². The molecule has 1 unspecified atom stereocenters. The Balaban J connectivity index is 1.75. The van der Waals surface area contributed by atoms with E-state index in [2.05, 4.69) is 4.98 Å². The summed E-state index contributed by atoms with van der Waals surface area (Å²) in [7, 11) is 0. The van der Waals surface area contributed by atoms with Crippen LogP contribution in [0.2, 0.25) is 0 Å². The number of likely N-dealkylation sites (tertiary alicyclic amines) is 1. The largest absolute Gasteiger partial charge is 0.464 e. The summed E-state index contributed by atoms with van der Waals surface area (Å²) in [5.41, 5.74) is 7.50. The van der Waals surface area contributed by atoms with Crippen molar-refractivity contribution < 1.29 is 19.1 Å². The normalized spacial score (nSPS) is 19.4. The van der Waals surface area contributed by atoms with Gasteiger partial charge in [-0.05, 0) is 42.5 Å². The van der Waals surface area contributed by atoms with Crippen LogP contribution >= 0.6 is 0 Å². The zero-order valence-corrected chi connectivity index (χ0v) is 16.6. The Morgan fingerprint density at radius 2 is 1.97 bits per heavy atom. The summed E-state index contributed by atoms with van der Waals surface area (Å²) < 4.78 is 5.13. The molecular weight excluding hydrogens is 370 g/mol. The van der Waals surface area contributed by atoms with Crippen molar-refractivity contribution >= 4 is 23.6 Å². The number of imide groups is 1. The van der Waals surface area contributed by atoms with E-state index in [0.29, 0.717) is 12.2 Å². The number of amides is 2. The predicted octanol–water partition coefficient (Wildman–Crippen LogP) is 2.32. The molecule has 1 aromatic carbocycles. The number of hydrogen-bond acceptors (Lipinski definition) is 6. The van der Waals surface area contributed by atoms with Gasteiger partial charge in [0, 0.05) is 12.6 Å². The third kappa shape index (κ3) is 4.45. The van der Waals surface area contributed by atoms with Gasteiger partial charge in [0.1, 0.15) is 11.9 Å². The van der Waals surface area contributed by atoms with Gasteiger partial charge < -0.3 is 10.5 Å². The number of rotatable bonds is 7. The summed E-state index contributed by atoms with van der Waals surface area (Å²) in [5.74, 6) is -1.66. The maximum absolute atomic E-state index is 12.9. The number of β-lactam (4-membered cyclic amide) rings is 1. The van der Waals surface area contributed by atoms with Crippen LogP contribution in [0.4, 0.5) is 5.82 Å². The van der Waals surface area contributed by atoms with Crippen LogP contribution in [0.3, 0.4) is 0 Å². The quantitative estimate of drug-likeness (QED) is 0.570. The van der Waals surface area contributed by atoms with Crippen LogP contribution in [0.5, 0.6) is 0 Å². The summed E-state index contributed by atoms with van der Waals surface area (Å²) in [6, 6.07) is 12.1. The number of pyridine rings is 1. The monoisotopic (exact) mass is 395 g/mol. The zero-order chi connectivity index (χ0) is 21.0. The standard InChI is InChI=1S/C22H25N3O4/c1-3-29-22(28)20-17(12-15-9-10-24-18(23)13-15)21(27)25(20)19(26)11-14(2)16-7-5-4-6-8-16/h4-10,13-14,17,20H,3,11-12H2,1-2H3,(H2,23,24)/t14-,17?,20-/m0/s1. The Hall–Kier alpha value is -3.22. The second-order valence-corrected chi connectivity index (χ2v) is 7.21. The van der Waals surface area contributed by atoms with Crippen LogP contribution in [0, 0.1) is 5.92 Å². The van der Waals surface area contributed by atoms with E-state index in [1.807, 2.05) is 37.3 Å². The molecule has 1 aromatic heterocycles. The number of esters is 1. The lowest BCUT2D eigenvalue weighted by molar-refractivity contribution is -0.179. The lowest BCUT2D eigenvalue weighted by Gasteiger charge is -2.44. The van der Waals surface area contributed by atoms with Crippen molar-refractivity contribution in [1.82, 2.24) is 9.88 Å². The minimum absolute atomic E-state index is 0.0709. The minimum atomic E-state index is -0.910. The Bertz CT molecular complexity index is 900. The summed E-state index contributed by atoms with van der Waals surface area (Å²) >= 11 is 0. The second-order valence-electron chi connectivity index (χ2n) is 7.21. The van der Waals surface area contributed by atoms with Crippen LogP contribution < -0.4 is 5.73 Å². The molecule has 2 aromatic rings. The molecule has 3 atom stereocenters. The highest BCUT2D eigenvalue weighted by Crippen LogP contribution is 2.33. The lowest BCUT2D eigenvalue weighted by Crippen LogP contribution is -2.67. The number of anilines is 1. The first-order valence-electron chi connectivity index (χ1n) is 9.70. The topological polar surface area (TPSA) is 103 Å². The highest BCUT2D eigenvalue weighted by atomic mass is 16.5. The average molecular weight is 395 g/mol. The number of benzene rings is 1. The highest BCUT2D eigenvalue weighted by Gasteiger charge is 2.54. The summed E-state index contributed by atoms with van der Waals surface area (Å²) in [4.78, 5) is 43.1. The molecule has 0 saturated carbocycles. The van der Waals surface area contributed by atoms with Crippen molar-refractivity contribution in [2.75, 3.05) is 12.3 Å². The summed E-state index contributed by atoms with van der Waals surface area (Å²) in [5, 5.41) is 0. The molecule has 152 valence electrons. The molecule has 0 bridgehead atoms. The maximum Gasteiger partial charge on any atom is 0.330 e. The third-order valence-electron chi connectivity index (χ3n) is 5.16. The molecule has 1 aliphatic heterocycles. The van der Waals surface area contributed by atoms with Gasteiger partial charge >= 0.3 is 5.97 Å². The number of aromatic nitrogens is 1. The van der Waals surface area contributed by atoms with E-state index in [0.717, 1.165) is 16.0 Å². The van der Waals surface area contributed by atoms with Gasteiger partial charge in [-0.15, -0.1) is 0 Å². The lowest BCUT2D eigenvalue weighted by atomic mass is 9.81. The fourth-order valence-corrected chi connectivity index (χ4v) is 3.66. The van der Waals surface area contributed by atoms with E-state index in [1.165, 1.54) is 0 Å². The second kappa shape index (κ2) is 8.86. The fraction of sp³-hybridized carbons (Fsp3) is 0.364. The fourth-order valence-electron chi connectivity index (χ4n) is 3.66. The number of ether oxygens (including phenoxy) is 1. The van der Waals surface area contributed by atoms with Crippen molar-refractivity contribution in [3.05, 3.63) is 59.8 Å². The number of carbonyl (C=O) groups is 3. The van der Waals surface area contributed by atoms with Gasteiger partial charge in [0.2, 0.25) is 11.8 Å². The Kier molecular flexibility index (Phi) is 6.26. The molecule has 2 heterocycles. The maximum atomic E-state index is 12.9. The van der Waals surface area contributed by atoms with E-state index in [-0.39, 0.29) is 30.8 Å². The molecule has 3 rings (SSSR count). The first-order valence-corrected chi connectivity index (χ1v) is 9.70. The molecule has 1 fully saturated rings. The third-order valence-corrected chi connectivity index (χ3v) is 5.16. The Morgan fingerprint density at radius 3 is 2.62 bits per heavy atom. The van der Waals surface area contributed by atoms with Crippen LogP contribution in [-0.4, -0.2) is 40.3 Å². The van der Waals surface area contributed by atoms with E-state index < -0.39 is 17.9 Å². The molecule has 0 aliphatic carbocycles. The van der Waals surface area contributed by atoms with Crippen molar-refractivity contribution in [3.63, 3.8) is 0 Å². The van der Waals surface area contributed by atoms with E-state index >= 15 is 0 Å². The molecule has 29 heavy (non-hydrogen) atoms. The van der Waals surface area contributed by atoms with E-state index in [1.54, 1.807) is 25.3 Å². The molecule has 7 heteroatoms. The average Bonchev–Trinajstić information content (AvgIpc) is 2.70. The van der Waals surface area contributed by atoms with E-state index in [4.69, 9.17) is 10.5 Å². The molecule has 0 spiro atoms. The number of nitrogen functional groups attached to an aromatic ring is 1. The highest BCUT2D eigenvalue weighted by molar-refractivity contribution is 6.08. The van der Waals surface area contributed by atoms with Gasteiger partial charge in [0.05, 0.1) is 12.5 Å². The number of carbonyl (C=O) groups excluding carboxylic acids is 3. The molecule has 1 aliphatic rings. The SMILES string of the molecule is CCOC(=O)[C@@H]1C(Cc2ccnc(N)c2)C(=O)N1C(=O)C[C@H](C)c1ccccc1. The van der Waals surface area contributed by atoms with Crippen LogP contribution in [0.25, 0.3) is 0 Å². The molecule has 1 saturated heterocycles. The van der Waals surface area contributed by atoms with E-state index in [9.17, 15) is 14.4 Å². The van der Waals surface area contributed by atoms with Gasteiger partial charge in [-0.3, -0.25) is 14.5 Å². The number of nitrogens with two attached hydrogens (primary N) is 1. The van der Waals surface area contributed by atoms with Crippen LogP contribution in [0.15, 0.2) is 48.7 Å². The smallest absolute Gasteiger partial charge is 0.330 e. The Labute approximate surface area is 169 Å². The zero-order valence-electron chi connectivity index (χ0n) is 16.6. The van der Waals surface area contributed by atoms with Gasteiger partial charge in [-0.2, -0.15) is 0 Å². The molecule has 2 amide bonds. The van der Waals surface area contributed by atoms with Gasteiger partial charge in [0.25, 0.3) is 0 Å². The first kappa shape index (κ1) is 20.5. The molecule has 2 N–H and O–H groups in total. The minimum Gasteiger partial charge on any atom is -0.464 e. The van der Waals surface area contributed by atoms with Gasteiger partial charge in [-0.25, -0.2) is 9.78 Å². The number of nitrogens with zero attached hydrogens (tertiary/aromatic N) is 2. The van der Waals surface area contributed by atoms with Crippen molar-refractivity contribution in [3.8, 4) is 0 Å². The summed E-state index contributed by atoms with van der Waals surface area (Å²) in [6.07, 6.45) is 1.99. The van der Waals surface area contributed by atoms with Crippen molar-refractivity contribution in [1.29, 1.82) is 0 Å². The van der Waals surface area contributed by atoms with Crippen LogP contribution in [-0.2, 0) is 25.5 Å². The first-order chi connectivity index (χ1) is 13.9. The molecule has 7 nitrogen and oxygen atoms in total. The van der Waals surface area contributed by atoms with Gasteiger partial charge in [0.15, 0.2) is 0 Å². The molecular formula is C22H25N3O4.